The Morgan fingerprint density at radius 1 is 1.05 bits per heavy atom. The fraction of sp³-hybridized carbons (Fsp3) is 1.00. The van der Waals surface area contributed by atoms with Gasteiger partial charge in [0.05, 0.1) is 6.26 Å². The summed E-state index contributed by atoms with van der Waals surface area (Å²) in [5, 5.41) is 3.59. The van der Waals surface area contributed by atoms with Crippen LogP contribution in [-0.2, 0) is 10.0 Å². The smallest absolute Gasteiger partial charge is 0.211 e. The molecule has 20 heavy (non-hydrogen) atoms. The number of hydrogen-bond acceptors (Lipinski definition) is 3. The zero-order valence-electron chi connectivity index (χ0n) is 14.1. The third-order valence-corrected chi connectivity index (χ3v) is 4.73. The molecular weight excluding hydrogens is 272 g/mol. The molecule has 0 spiro atoms. The molecule has 5 heteroatoms. The van der Waals surface area contributed by atoms with Gasteiger partial charge in [-0.15, -0.1) is 0 Å². The van der Waals surface area contributed by atoms with Gasteiger partial charge >= 0.3 is 0 Å². The maximum absolute atomic E-state index is 11.5. The zero-order chi connectivity index (χ0) is 15.8. The van der Waals surface area contributed by atoms with Gasteiger partial charge in [0.1, 0.15) is 0 Å². The van der Waals surface area contributed by atoms with Crippen LogP contribution in [0.2, 0.25) is 0 Å². The summed E-state index contributed by atoms with van der Waals surface area (Å²) in [6.07, 6.45) is 4.52. The Morgan fingerprint density at radius 2 is 1.55 bits per heavy atom. The van der Waals surface area contributed by atoms with Crippen LogP contribution in [0.3, 0.4) is 0 Å². The van der Waals surface area contributed by atoms with Crippen LogP contribution in [0.15, 0.2) is 0 Å². The second-order valence-electron chi connectivity index (χ2n) is 6.52. The monoisotopic (exact) mass is 306 g/mol. The fourth-order valence-electron chi connectivity index (χ4n) is 2.52. The highest BCUT2D eigenvalue weighted by Crippen LogP contribution is 2.13. The lowest BCUT2D eigenvalue weighted by atomic mass is 9.95. The van der Waals surface area contributed by atoms with Crippen molar-refractivity contribution in [3.05, 3.63) is 0 Å². The molecule has 4 nitrogen and oxygen atoms in total. The first-order chi connectivity index (χ1) is 9.16. The van der Waals surface area contributed by atoms with E-state index in [0.717, 1.165) is 13.0 Å². The summed E-state index contributed by atoms with van der Waals surface area (Å²) < 4.78 is 24.5. The number of nitrogens with zero attached hydrogens (tertiary/aromatic N) is 1. The molecule has 0 aromatic heterocycles. The minimum atomic E-state index is -3.05. The van der Waals surface area contributed by atoms with Gasteiger partial charge < -0.3 is 5.32 Å². The Labute approximate surface area is 126 Å². The standard InChI is InChI=1S/C15H34N2O2S/c1-7-17(20(6,18)19)10-8-9-16-15(11-13(2)3)12-14(4)5/h13-16H,7-12H2,1-6H3. The van der Waals surface area contributed by atoms with Crippen molar-refractivity contribution in [2.24, 2.45) is 11.8 Å². The van der Waals surface area contributed by atoms with E-state index in [1.54, 1.807) is 0 Å². The van der Waals surface area contributed by atoms with Crippen LogP contribution in [0.25, 0.3) is 0 Å². The molecule has 0 aliphatic heterocycles. The second kappa shape index (κ2) is 9.74. The summed E-state index contributed by atoms with van der Waals surface area (Å²) in [7, 11) is -3.05. The largest absolute Gasteiger partial charge is 0.314 e. The maximum Gasteiger partial charge on any atom is 0.211 e. The molecule has 0 bridgehead atoms. The molecule has 122 valence electrons. The third kappa shape index (κ3) is 9.72. The molecule has 0 atom stereocenters. The fourth-order valence-corrected chi connectivity index (χ4v) is 3.45. The molecule has 1 N–H and O–H groups in total. The van der Waals surface area contributed by atoms with Crippen LogP contribution in [0, 0.1) is 11.8 Å². The number of sulfonamides is 1. The van der Waals surface area contributed by atoms with Crippen molar-refractivity contribution >= 4 is 10.0 Å². The number of nitrogens with one attached hydrogen (secondary N) is 1. The van der Waals surface area contributed by atoms with Crippen molar-refractivity contribution in [3.8, 4) is 0 Å². The van der Waals surface area contributed by atoms with E-state index in [1.807, 2.05) is 6.92 Å². The summed E-state index contributed by atoms with van der Waals surface area (Å²) in [6, 6.07) is 0.545. The van der Waals surface area contributed by atoms with E-state index in [2.05, 4.69) is 33.0 Å². The van der Waals surface area contributed by atoms with Crippen molar-refractivity contribution in [2.75, 3.05) is 25.9 Å². The molecule has 0 aliphatic carbocycles. The van der Waals surface area contributed by atoms with Crippen LogP contribution in [0.4, 0.5) is 0 Å². The summed E-state index contributed by atoms with van der Waals surface area (Å²) in [6.45, 7) is 12.9. The van der Waals surface area contributed by atoms with Gasteiger partial charge in [0, 0.05) is 19.1 Å². The molecule has 0 aromatic rings. The maximum atomic E-state index is 11.5. The first-order valence-electron chi connectivity index (χ1n) is 7.85. The van der Waals surface area contributed by atoms with Crippen molar-refractivity contribution in [2.45, 2.75) is 59.9 Å². The van der Waals surface area contributed by atoms with E-state index in [4.69, 9.17) is 0 Å². The Morgan fingerprint density at radius 3 is 1.90 bits per heavy atom. The topological polar surface area (TPSA) is 49.4 Å². The minimum absolute atomic E-state index is 0.545. The quantitative estimate of drug-likeness (QED) is 0.597. The molecule has 0 radical (unpaired) electrons. The molecule has 0 heterocycles. The van der Waals surface area contributed by atoms with Crippen molar-refractivity contribution in [1.29, 1.82) is 0 Å². The SMILES string of the molecule is CCN(CCCNC(CC(C)C)CC(C)C)S(C)(=O)=O. The van der Waals surface area contributed by atoms with Crippen LogP contribution >= 0.6 is 0 Å². The van der Waals surface area contributed by atoms with Crippen LogP contribution in [0.5, 0.6) is 0 Å². The summed E-state index contributed by atoms with van der Waals surface area (Å²) >= 11 is 0. The zero-order valence-corrected chi connectivity index (χ0v) is 15.0. The Hall–Kier alpha value is -0.130. The predicted octanol–water partition coefficient (Wildman–Crippen LogP) is 2.71. The van der Waals surface area contributed by atoms with Crippen LogP contribution in [0.1, 0.15) is 53.9 Å². The van der Waals surface area contributed by atoms with E-state index >= 15 is 0 Å². The minimum Gasteiger partial charge on any atom is -0.314 e. The van der Waals surface area contributed by atoms with E-state index < -0.39 is 10.0 Å². The van der Waals surface area contributed by atoms with Crippen LogP contribution < -0.4 is 5.32 Å². The van der Waals surface area contributed by atoms with Gasteiger partial charge in [0.2, 0.25) is 10.0 Å². The Balaban J connectivity index is 4.10. The number of hydrogen-bond donors (Lipinski definition) is 1. The lowest BCUT2D eigenvalue weighted by molar-refractivity contribution is 0.348. The molecule has 0 unspecified atom stereocenters. The highest BCUT2D eigenvalue weighted by Gasteiger charge is 2.15. The molecule has 0 saturated carbocycles. The predicted molar refractivity (Wildman–Crippen MR) is 87.4 cm³/mol. The van der Waals surface area contributed by atoms with E-state index in [1.165, 1.54) is 23.4 Å². The van der Waals surface area contributed by atoms with Crippen molar-refractivity contribution in [1.82, 2.24) is 9.62 Å². The molecule has 0 amide bonds. The molecule has 0 fully saturated rings. The Bertz CT molecular complexity index is 330. The van der Waals surface area contributed by atoms with E-state index in [0.29, 0.717) is 31.0 Å². The first-order valence-corrected chi connectivity index (χ1v) is 9.70. The molecule has 0 rings (SSSR count). The average molecular weight is 307 g/mol. The molecular formula is C15H34N2O2S. The molecule has 0 saturated heterocycles. The van der Waals surface area contributed by atoms with E-state index in [-0.39, 0.29) is 0 Å². The summed E-state index contributed by atoms with van der Waals surface area (Å²) in [5.41, 5.74) is 0. The Kier molecular flexibility index (Phi) is 9.68. The van der Waals surface area contributed by atoms with Gasteiger partial charge in [-0.05, 0) is 37.6 Å². The van der Waals surface area contributed by atoms with Crippen molar-refractivity contribution in [3.63, 3.8) is 0 Å². The second-order valence-corrected chi connectivity index (χ2v) is 8.50. The van der Waals surface area contributed by atoms with Gasteiger partial charge in [0.25, 0.3) is 0 Å². The van der Waals surface area contributed by atoms with Crippen LogP contribution in [-0.4, -0.2) is 44.7 Å². The lowest BCUT2D eigenvalue weighted by Gasteiger charge is -2.23. The van der Waals surface area contributed by atoms with Gasteiger partial charge in [0.15, 0.2) is 0 Å². The van der Waals surface area contributed by atoms with Crippen molar-refractivity contribution < 1.29 is 8.42 Å². The highest BCUT2D eigenvalue weighted by molar-refractivity contribution is 7.88. The third-order valence-electron chi connectivity index (χ3n) is 3.35. The summed E-state index contributed by atoms with van der Waals surface area (Å²) in [5.74, 6) is 1.38. The first kappa shape index (κ1) is 19.9. The highest BCUT2D eigenvalue weighted by atomic mass is 32.2. The van der Waals surface area contributed by atoms with Gasteiger partial charge in [-0.2, -0.15) is 0 Å². The van der Waals surface area contributed by atoms with E-state index in [9.17, 15) is 8.42 Å². The number of rotatable bonds is 11. The van der Waals surface area contributed by atoms with Gasteiger partial charge in [-0.3, -0.25) is 0 Å². The normalized spacial score (nSPS) is 13.1. The molecule has 0 aliphatic rings. The average Bonchev–Trinajstić information content (AvgIpc) is 2.25. The van der Waals surface area contributed by atoms with Gasteiger partial charge in [-0.25, -0.2) is 12.7 Å². The lowest BCUT2D eigenvalue weighted by Crippen LogP contribution is -2.36. The van der Waals surface area contributed by atoms with Gasteiger partial charge in [-0.1, -0.05) is 34.6 Å². The summed E-state index contributed by atoms with van der Waals surface area (Å²) in [4.78, 5) is 0. The molecule has 0 aromatic carbocycles.